The Bertz CT molecular complexity index is 274. The molecule has 12 heavy (non-hydrogen) atoms. The van der Waals surface area contributed by atoms with E-state index in [9.17, 15) is 0 Å². The Labute approximate surface area is 73.4 Å². The summed E-state index contributed by atoms with van der Waals surface area (Å²) in [5.41, 5.74) is 1.11. The summed E-state index contributed by atoms with van der Waals surface area (Å²) in [5, 5.41) is 9.05. The molecule has 1 fully saturated rings. The maximum atomic E-state index is 9.05. The van der Waals surface area contributed by atoms with E-state index in [0.717, 1.165) is 19.3 Å². The highest BCUT2D eigenvalue weighted by atomic mass is 14.4. The van der Waals surface area contributed by atoms with Crippen molar-refractivity contribution in [2.75, 3.05) is 0 Å². The first-order valence-corrected chi connectivity index (χ1v) is 4.49. The minimum absolute atomic E-state index is 0.118. The summed E-state index contributed by atoms with van der Waals surface area (Å²) < 4.78 is 0. The van der Waals surface area contributed by atoms with Crippen molar-refractivity contribution < 1.29 is 0 Å². The van der Waals surface area contributed by atoms with Crippen molar-refractivity contribution in [2.45, 2.75) is 25.7 Å². The Morgan fingerprint density at radius 1 is 1.42 bits per heavy atom. The Hall–Kier alpha value is -1.03. The lowest BCUT2D eigenvalue weighted by Crippen LogP contribution is -2.29. The topological polar surface area (TPSA) is 23.8 Å². The molecule has 2 aliphatic carbocycles. The molecule has 0 aromatic rings. The summed E-state index contributed by atoms with van der Waals surface area (Å²) in [4.78, 5) is 0. The van der Waals surface area contributed by atoms with Crippen LogP contribution >= 0.6 is 0 Å². The van der Waals surface area contributed by atoms with Crippen LogP contribution < -0.4 is 0 Å². The van der Waals surface area contributed by atoms with Crippen molar-refractivity contribution in [3.05, 3.63) is 30.2 Å². The van der Waals surface area contributed by atoms with Gasteiger partial charge in [-0.1, -0.05) is 18.2 Å². The molecule has 0 aromatic heterocycles. The Morgan fingerprint density at radius 3 is 2.67 bits per heavy atom. The SMILES string of the molecule is N#CC1(C2=C[CH]CC=C2)CCC1. The van der Waals surface area contributed by atoms with Gasteiger partial charge in [-0.25, -0.2) is 0 Å². The standard InChI is InChI=1S/C11H12N/c12-9-11(7-4-8-11)10-5-2-1-3-6-10/h2-3,5-6H,1,4,7-8H2. The molecule has 0 atom stereocenters. The third kappa shape index (κ3) is 0.992. The predicted octanol–water partition coefficient (Wildman–Crippen LogP) is 2.77. The van der Waals surface area contributed by atoms with Crippen molar-refractivity contribution >= 4 is 0 Å². The normalized spacial score (nSPS) is 25.4. The van der Waals surface area contributed by atoms with Crippen LogP contribution in [0.1, 0.15) is 25.7 Å². The summed E-state index contributed by atoms with van der Waals surface area (Å²) in [7, 11) is 0. The van der Waals surface area contributed by atoms with Crippen molar-refractivity contribution in [1.29, 1.82) is 5.26 Å². The molecule has 1 saturated carbocycles. The number of hydrogen-bond donors (Lipinski definition) is 0. The summed E-state index contributed by atoms with van der Waals surface area (Å²) >= 11 is 0. The molecule has 0 amide bonds. The maximum Gasteiger partial charge on any atom is 0.0819 e. The summed E-state index contributed by atoms with van der Waals surface area (Å²) in [6, 6.07) is 2.45. The number of hydrogen-bond acceptors (Lipinski definition) is 1. The number of rotatable bonds is 1. The molecule has 0 unspecified atom stereocenters. The van der Waals surface area contributed by atoms with Gasteiger partial charge in [0.1, 0.15) is 0 Å². The minimum Gasteiger partial charge on any atom is -0.197 e. The van der Waals surface area contributed by atoms with Crippen LogP contribution in [0.2, 0.25) is 0 Å². The fraction of sp³-hybridized carbons (Fsp3) is 0.455. The molecule has 1 radical (unpaired) electrons. The van der Waals surface area contributed by atoms with Crippen molar-refractivity contribution in [2.24, 2.45) is 5.41 Å². The van der Waals surface area contributed by atoms with Gasteiger partial charge in [0.15, 0.2) is 0 Å². The van der Waals surface area contributed by atoms with Gasteiger partial charge in [-0.05, 0) is 37.7 Å². The molecule has 0 spiro atoms. The quantitative estimate of drug-likeness (QED) is 0.575. The molecule has 61 valence electrons. The molecule has 0 aliphatic heterocycles. The van der Waals surface area contributed by atoms with Gasteiger partial charge in [0.2, 0.25) is 0 Å². The van der Waals surface area contributed by atoms with E-state index >= 15 is 0 Å². The van der Waals surface area contributed by atoms with Gasteiger partial charge < -0.3 is 0 Å². The van der Waals surface area contributed by atoms with Gasteiger partial charge in [0.25, 0.3) is 0 Å². The summed E-state index contributed by atoms with van der Waals surface area (Å²) in [6.07, 6.45) is 12.8. The molecule has 0 heterocycles. The zero-order valence-corrected chi connectivity index (χ0v) is 7.09. The average molecular weight is 158 g/mol. The lowest BCUT2D eigenvalue weighted by atomic mass is 9.64. The largest absolute Gasteiger partial charge is 0.197 e. The lowest BCUT2D eigenvalue weighted by molar-refractivity contribution is 0.274. The van der Waals surface area contributed by atoms with Crippen LogP contribution in [0.3, 0.4) is 0 Å². The van der Waals surface area contributed by atoms with Gasteiger partial charge in [-0.3, -0.25) is 0 Å². The summed E-state index contributed by atoms with van der Waals surface area (Å²) in [5.74, 6) is 0. The second kappa shape index (κ2) is 2.79. The minimum atomic E-state index is -0.118. The number of nitrogens with zero attached hydrogens (tertiary/aromatic N) is 1. The molecule has 1 nitrogen and oxygen atoms in total. The number of nitriles is 1. The van der Waals surface area contributed by atoms with Gasteiger partial charge in [-0.15, -0.1) is 0 Å². The third-order valence-corrected chi connectivity index (χ3v) is 2.84. The van der Waals surface area contributed by atoms with E-state index in [0.29, 0.717) is 0 Å². The van der Waals surface area contributed by atoms with Crippen LogP contribution in [-0.4, -0.2) is 0 Å². The van der Waals surface area contributed by atoms with E-state index < -0.39 is 0 Å². The zero-order valence-electron chi connectivity index (χ0n) is 7.09. The number of allylic oxidation sites excluding steroid dienone is 4. The highest BCUT2D eigenvalue weighted by Gasteiger charge is 2.39. The van der Waals surface area contributed by atoms with Crippen LogP contribution in [0.5, 0.6) is 0 Å². The Kier molecular flexibility index (Phi) is 1.77. The van der Waals surface area contributed by atoms with Crippen molar-refractivity contribution in [3.63, 3.8) is 0 Å². The highest BCUT2D eigenvalue weighted by Crippen LogP contribution is 2.47. The molecule has 0 aromatic carbocycles. The monoisotopic (exact) mass is 158 g/mol. The van der Waals surface area contributed by atoms with E-state index in [4.69, 9.17) is 5.26 Å². The predicted molar refractivity (Wildman–Crippen MR) is 48.0 cm³/mol. The molecule has 0 saturated heterocycles. The van der Waals surface area contributed by atoms with E-state index in [1.165, 1.54) is 12.0 Å². The molecule has 0 N–H and O–H groups in total. The van der Waals surface area contributed by atoms with Crippen molar-refractivity contribution in [3.8, 4) is 6.07 Å². The third-order valence-electron chi connectivity index (χ3n) is 2.84. The molecule has 1 heteroatoms. The second-order valence-electron chi connectivity index (χ2n) is 3.54. The van der Waals surface area contributed by atoms with Gasteiger partial charge in [0.05, 0.1) is 11.5 Å². The molecule has 2 aliphatic rings. The van der Waals surface area contributed by atoms with Crippen LogP contribution in [0, 0.1) is 23.2 Å². The average Bonchev–Trinajstić information content (AvgIpc) is 2.05. The first kappa shape index (κ1) is 7.61. The van der Waals surface area contributed by atoms with Gasteiger partial charge in [-0.2, -0.15) is 5.26 Å². The lowest BCUT2D eigenvalue weighted by Gasteiger charge is -2.37. The van der Waals surface area contributed by atoms with Crippen LogP contribution in [-0.2, 0) is 0 Å². The molecular formula is C11H12N. The van der Waals surface area contributed by atoms with E-state index in [1.54, 1.807) is 0 Å². The van der Waals surface area contributed by atoms with Crippen LogP contribution in [0.25, 0.3) is 0 Å². The van der Waals surface area contributed by atoms with E-state index in [1.807, 2.05) is 0 Å². The van der Waals surface area contributed by atoms with E-state index in [-0.39, 0.29) is 5.41 Å². The fourth-order valence-electron chi connectivity index (χ4n) is 1.84. The highest BCUT2D eigenvalue weighted by molar-refractivity contribution is 5.39. The van der Waals surface area contributed by atoms with Crippen molar-refractivity contribution in [1.82, 2.24) is 0 Å². The maximum absolute atomic E-state index is 9.05. The first-order valence-electron chi connectivity index (χ1n) is 4.49. The molecule has 0 bridgehead atoms. The molecular weight excluding hydrogens is 146 g/mol. The first-order chi connectivity index (χ1) is 5.87. The Morgan fingerprint density at radius 2 is 2.25 bits per heavy atom. The zero-order chi connectivity index (χ0) is 8.44. The summed E-state index contributed by atoms with van der Waals surface area (Å²) in [6.45, 7) is 0. The smallest absolute Gasteiger partial charge is 0.0819 e. The van der Waals surface area contributed by atoms with Crippen LogP contribution in [0.4, 0.5) is 0 Å². The molecule has 2 rings (SSSR count). The van der Waals surface area contributed by atoms with Gasteiger partial charge >= 0.3 is 0 Å². The Balaban J connectivity index is 2.23. The van der Waals surface area contributed by atoms with E-state index in [2.05, 4.69) is 30.7 Å². The fourth-order valence-corrected chi connectivity index (χ4v) is 1.84. The van der Waals surface area contributed by atoms with Crippen LogP contribution in [0.15, 0.2) is 23.8 Å². The van der Waals surface area contributed by atoms with Gasteiger partial charge in [0, 0.05) is 0 Å². The second-order valence-corrected chi connectivity index (χ2v) is 3.54.